The van der Waals surface area contributed by atoms with Crippen LogP contribution in [-0.2, 0) is 17.6 Å². The van der Waals surface area contributed by atoms with E-state index in [1.807, 2.05) is 20.8 Å². The first-order valence-corrected chi connectivity index (χ1v) is 6.79. The number of carbonyl (C=O) groups excluding carboxylic acids is 1. The van der Waals surface area contributed by atoms with E-state index in [1.165, 1.54) is 11.1 Å². The van der Waals surface area contributed by atoms with Crippen molar-refractivity contribution in [3.8, 4) is 0 Å². The fourth-order valence-corrected chi connectivity index (χ4v) is 1.97. The van der Waals surface area contributed by atoms with Gasteiger partial charge < -0.3 is 5.32 Å². The Balaban J connectivity index is 2.48. The number of carbonyl (C=O) groups is 1. The van der Waals surface area contributed by atoms with Gasteiger partial charge in [0.15, 0.2) is 0 Å². The molecule has 18 heavy (non-hydrogen) atoms. The minimum Gasteiger partial charge on any atom is -0.351 e. The zero-order valence-electron chi connectivity index (χ0n) is 12.0. The van der Waals surface area contributed by atoms with Crippen LogP contribution in [0.2, 0.25) is 0 Å². The molecule has 0 aromatic heterocycles. The molecule has 1 amide bonds. The molecule has 100 valence electrons. The van der Waals surface area contributed by atoms with Crippen LogP contribution in [0.25, 0.3) is 0 Å². The Morgan fingerprint density at radius 1 is 1.17 bits per heavy atom. The monoisotopic (exact) mass is 247 g/mol. The van der Waals surface area contributed by atoms with E-state index in [9.17, 15) is 4.79 Å². The molecule has 0 heterocycles. The second-order valence-electron chi connectivity index (χ2n) is 5.87. The van der Waals surface area contributed by atoms with E-state index in [1.54, 1.807) is 0 Å². The van der Waals surface area contributed by atoms with E-state index < -0.39 is 0 Å². The molecule has 0 aliphatic heterocycles. The van der Waals surface area contributed by atoms with E-state index >= 15 is 0 Å². The summed E-state index contributed by atoms with van der Waals surface area (Å²) in [4.78, 5) is 11.7. The third-order valence-corrected chi connectivity index (χ3v) is 2.69. The van der Waals surface area contributed by atoms with Crippen LogP contribution in [0.1, 0.15) is 51.7 Å². The first-order valence-electron chi connectivity index (χ1n) is 6.79. The highest BCUT2D eigenvalue weighted by Crippen LogP contribution is 2.10. The molecule has 0 aliphatic rings. The Morgan fingerprint density at radius 3 is 2.33 bits per heavy atom. The molecule has 0 atom stereocenters. The van der Waals surface area contributed by atoms with Gasteiger partial charge in [0.1, 0.15) is 0 Å². The number of nitrogens with one attached hydrogen (secondary N) is 1. The highest BCUT2D eigenvalue weighted by atomic mass is 16.1. The third-order valence-electron chi connectivity index (χ3n) is 2.69. The van der Waals surface area contributed by atoms with E-state index in [4.69, 9.17) is 0 Å². The van der Waals surface area contributed by atoms with Gasteiger partial charge in [-0.05, 0) is 44.7 Å². The Morgan fingerprint density at radius 2 is 1.78 bits per heavy atom. The maximum absolute atomic E-state index is 11.7. The lowest BCUT2D eigenvalue weighted by Gasteiger charge is -2.20. The fourth-order valence-electron chi connectivity index (χ4n) is 1.97. The smallest absolute Gasteiger partial charge is 0.220 e. The number of rotatable bonds is 5. The molecule has 0 unspecified atom stereocenters. The molecular weight excluding hydrogens is 222 g/mol. The Bertz CT molecular complexity index is 390. The lowest BCUT2D eigenvalue weighted by molar-refractivity contribution is -0.122. The summed E-state index contributed by atoms with van der Waals surface area (Å²) in [6, 6.07) is 8.56. The maximum atomic E-state index is 11.7. The van der Waals surface area contributed by atoms with Gasteiger partial charge in [0.05, 0.1) is 0 Å². The Labute approximate surface area is 111 Å². The van der Waals surface area contributed by atoms with Crippen LogP contribution in [0.5, 0.6) is 0 Å². The van der Waals surface area contributed by atoms with Crippen molar-refractivity contribution in [3.63, 3.8) is 0 Å². The van der Waals surface area contributed by atoms with Crippen LogP contribution in [0.3, 0.4) is 0 Å². The largest absolute Gasteiger partial charge is 0.351 e. The SMILES string of the molecule is CCCc1cccc(CCC(=O)NC(C)(C)C)c1. The summed E-state index contributed by atoms with van der Waals surface area (Å²) in [6.07, 6.45) is 3.66. The zero-order chi connectivity index (χ0) is 13.6. The molecule has 0 fully saturated rings. The van der Waals surface area contributed by atoms with Crippen molar-refractivity contribution in [3.05, 3.63) is 35.4 Å². The molecule has 0 saturated carbocycles. The highest BCUT2D eigenvalue weighted by Gasteiger charge is 2.13. The van der Waals surface area contributed by atoms with E-state index in [2.05, 4.69) is 36.5 Å². The van der Waals surface area contributed by atoms with Gasteiger partial charge in [-0.1, -0.05) is 37.6 Å². The van der Waals surface area contributed by atoms with Crippen LogP contribution >= 0.6 is 0 Å². The molecule has 0 saturated heterocycles. The summed E-state index contributed by atoms with van der Waals surface area (Å²) in [5.41, 5.74) is 2.48. The fraction of sp³-hybridized carbons (Fsp3) is 0.562. The molecule has 1 rings (SSSR count). The molecule has 0 radical (unpaired) electrons. The summed E-state index contributed by atoms with van der Waals surface area (Å²) < 4.78 is 0. The van der Waals surface area contributed by atoms with Gasteiger partial charge >= 0.3 is 0 Å². The number of amides is 1. The van der Waals surface area contributed by atoms with Crippen molar-refractivity contribution in [1.82, 2.24) is 5.32 Å². The van der Waals surface area contributed by atoms with Gasteiger partial charge in [-0.15, -0.1) is 0 Å². The maximum Gasteiger partial charge on any atom is 0.220 e. The van der Waals surface area contributed by atoms with Crippen molar-refractivity contribution < 1.29 is 4.79 Å². The van der Waals surface area contributed by atoms with Gasteiger partial charge in [0.25, 0.3) is 0 Å². The van der Waals surface area contributed by atoms with Gasteiger partial charge in [0.2, 0.25) is 5.91 Å². The molecule has 2 nitrogen and oxygen atoms in total. The van der Waals surface area contributed by atoms with E-state index in [-0.39, 0.29) is 11.4 Å². The normalized spacial score (nSPS) is 11.3. The Kier molecular flexibility index (Phi) is 5.39. The molecular formula is C16H25NO. The van der Waals surface area contributed by atoms with Gasteiger partial charge in [-0.3, -0.25) is 4.79 Å². The van der Waals surface area contributed by atoms with Crippen LogP contribution in [-0.4, -0.2) is 11.4 Å². The summed E-state index contributed by atoms with van der Waals surface area (Å²) in [6.45, 7) is 8.20. The molecule has 2 heteroatoms. The van der Waals surface area contributed by atoms with E-state index in [0.29, 0.717) is 6.42 Å². The number of aryl methyl sites for hydroxylation is 2. The topological polar surface area (TPSA) is 29.1 Å². The van der Waals surface area contributed by atoms with Crippen LogP contribution < -0.4 is 5.32 Å². The van der Waals surface area contributed by atoms with Crippen LogP contribution in [0.4, 0.5) is 0 Å². The van der Waals surface area contributed by atoms with E-state index in [0.717, 1.165) is 19.3 Å². The van der Waals surface area contributed by atoms with Gasteiger partial charge in [0, 0.05) is 12.0 Å². The predicted molar refractivity (Wildman–Crippen MR) is 76.7 cm³/mol. The number of benzene rings is 1. The minimum absolute atomic E-state index is 0.128. The predicted octanol–water partition coefficient (Wildman–Crippen LogP) is 3.49. The molecule has 1 aromatic carbocycles. The van der Waals surface area contributed by atoms with Crippen molar-refractivity contribution in [2.45, 2.75) is 58.9 Å². The van der Waals surface area contributed by atoms with Crippen molar-refractivity contribution in [2.75, 3.05) is 0 Å². The average molecular weight is 247 g/mol. The third kappa shape index (κ3) is 5.85. The molecule has 1 aromatic rings. The molecule has 0 aliphatic carbocycles. The number of hydrogen-bond donors (Lipinski definition) is 1. The zero-order valence-corrected chi connectivity index (χ0v) is 12.0. The summed E-state index contributed by atoms with van der Waals surface area (Å²) in [7, 11) is 0. The standard InChI is InChI=1S/C16H25NO/c1-5-7-13-8-6-9-14(12-13)10-11-15(18)17-16(2,3)4/h6,8-9,12H,5,7,10-11H2,1-4H3,(H,17,18). The van der Waals surface area contributed by atoms with Crippen molar-refractivity contribution >= 4 is 5.91 Å². The summed E-state index contributed by atoms with van der Waals surface area (Å²) >= 11 is 0. The summed E-state index contributed by atoms with van der Waals surface area (Å²) in [5, 5.41) is 2.99. The van der Waals surface area contributed by atoms with Crippen LogP contribution in [0.15, 0.2) is 24.3 Å². The molecule has 0 bridgehead atoms. The highest BCUT2D eigenvalue weighted by molar-refractivity contribution is 5.76. The minimum atomic E-state index is -0.138. The van der Waals surface area contributed by atoms with Crippen molar-refractivity contribution in [2.24, 2.45) is 0 Å². The lowest BCUT2D eigenvalue weighted by Crippen LogP contribution is -2.40. The second kappa shape index (κ2) is 6.58. The van der Waals surface area contributed by atoms with Gasteiger partial charge in [-0.2, -0.15) is 0 Å². The molecule has 1 N–H and O–H groups in total. The summed E-state index contributed by atoms with van der Waals surface area (Å²) in [5.74, 6) is 0.128. The lowest BCUT2D eigenvalue weighted by atomic mass is 10.0. The second-order valence-corrected chi connectivity index (χ2v) is 5.87. The first-order chi connectivity index (χ1) is 8.40. The van der Waals surface area contributed by atoms with Crippen molar-refractivity contribution in [1.29, 1.82) is 0 Å². The quantitative estimate of drug-likeness (QED) is 0.848. The van der Waals surface area contributed by atoms with Gasteiger partial charge in [-0.25, -0.2) is 0 Å². The average Bonchev–Trinajstić information content (AvgIpc) is 2.25. The first kappa shape index (κ1) is 14.7. The molecule has 0 spiro atoms. The number of hydrogen-bond acceptors (Lipinski definition) is 1. The van der Waals surface area contributed by atoms with Crippen LogP contribution in [0, 0.1) is 0 Å². The Hall–Kier alpha value is -1.31.